The van der Waals surface area contributed by atoms with E-state index in [9.17, 15) is 13.5 Å². The maximum Gasteiger partial charge on any atom is 0.232 e. The number of phenolic OH excluding ortho intramolecular Hbond substituents is 1. The van der Waals surface area contributed by atoms with Gasteiger partial charge < -0.3 is 5.11 Å². The van der Waals surface area contributed by atoms with Gasteiger partial charge in [0.1, 0.15) is 5.75 Å². The fraction of sp³-hybridized carbons (Fsp3) is 0.158. The van der Waals surface area contributed by atoms with Gasteiger partial charge in [0.25, 0.3) is 0 Å². The molecular weight excluding hydrogens is 322 g/mol. The number of nitrogens with zero attached hydrogens (tertiary/aromatic N) is 1. The summed E-state index contributed by atoms with van der Waals surface area (Å²) in [6.07, 6.45) is 1.15. The van der Waals surface area contributed by atoms with Gasteiger partial charge in [-0.25, -0.2) is 8.42 Å². The topological polar surface area (TPSA) is 57.6 Å². The maximum absolute atomic E-state index is 12.1. The molecule has 4 nitrogen and oxygen atoms in total. The number of rotatable bonds is 3. The van der Waals surface area contributed by atoms with Crippen LogP contribution in [0.15, 0.2) is 54.6 Å². The van der Waals surface area contributed by atoms with E-state index in [-0.39, 0.29) is 5.75 Å². The molecule has 0 amide bonds. The zero-order valence-electron chi connectivity index (χ0n) is 13.8. The number of hydrogen-bond donors (Lipinski definition) is 1. The van der Waals surface area contributed by atoms with Crippen LogP contribution >= 0.6 is 0 Å². The van der Waals surface area contributed by atoms with Crippen molar-refractivity contribution in [3.63, 3.8) is 0 Å². The molecule has 3 aromatic carbocycles. The van der Waals surface area contributed by atoms with Crippen LogP contribution in [0.4, 0.5) is 5.69 Å². The molecule has 124 valence electrons. The summed E-state index contributed by atoms with van der Waals surface area (Å²) in [5.74, 6) is 0.0872. The molecule has 0 saturated heterocycles. The molecule has 5 heteroatoms. The first-order chi connectivity index (χ1) is 11.3. The quantitative estimate of drug-likeness (QED) is 0.785. The number of anilines is 1. The lowest BCUT2D eigenvalue weighted by molar-refractivity contribution is 0.483. The Kier molecular flexibility index (Phi) is 3.97. The fourth-order valence-electron chi connectivity index (χ4n) is 2.81. The summed E-state index contributed by atoms with van der Waals surface area (Å²) in [7, 11) is -1.96. The molecule has 3 rings (SSSR count). The number of phenols is 1. The lowest BCUT2D eigenvalue weighted by Crippen LogP contribution is -2.25. The van der Waals surface area contributed by atoms with Crippen LogP contribution in [-0.2, 0) is 10.0 Å². The standard InChI is InChI=1S/C19H19NO3S/c1-13-9-10-16-15(11-13)12-17(20(2)24(3,22)23)18(19(16)21)14-7-5-4-6-8-14/h4-12,21H,1-3H3. The minimum absolute atomic E-state index is 0.0872. The van der Waals surface area contributed by atoms with Gasteiger partial charge in [-0.1, -0.05) is 54.1 Å². The first kappa shape index (κ1) is 16.3. The second-order valence-corrected chi connectivity index (χ2v) is 7.95. The highest BCUT2D eigenvalue weighted by molar-refractivity contribution is 7.92. The van der Waals surface area contributed by atoms with E-state index in [0.29, 0.717) is 16.6 Å². The first-order valence-corrected chi connectivity index (χ1v) is 9.39. The number of benzene rings is 3. The highest BCUT2D eigenvalue weighted by Gasteiger charge is 2.21. The van der Waals surface area contributed by atoms with Gasteiger partial charge in [-0.3, -0.25) is 4.31 Å². The third-order valence-corrected chi connectivity index (χ3v) is 5.34. The van der Waals surface area contributed by atoms with Crippen molar-refractivity contribution in [2.45, 2.75) is 6.92 Å². The summed E-state index contributed by atoms with van der Waals surface area (Å²) in [5.41, 5.74) is 2.78. The van der Waals surface area contributed by atoms with Gasteiger partial charge >= 0.3 is 0 Å². The van der Waals surface area contributed by atoms with E-state index in [1.54, 1.807) is 0 Å². The summed E-state index contributed by atoms with van der Waals surface area (Å²) in [6, 6.07) is 16.8. The van der Waals surface area contributed by atoms with Crippen LogP contribution in [0.3, 0.4) is 0 Å². The Morgan fingerprint density at radius 3 is 2.29 bits per heavy atom. The van der Waals surface area contributed by atoms with Gasteiger partial charge in [0, 0.05) is 18.0 Å². The zero-order valence-corrected chi connectivity index (χ0v) is 14.6. The van der Waals surface area contributed by atoms with Crippen LogP contribution in [0.25, 0.3) is 21.9 Å². The molecule has 0 atom stereocenters. The van der Waals surface area contributed by atoms with Gasteiger partial charge in [0.2, 0.25) is 10.0 Å². The normalized spacial score (nSPS) is 11.6. The number of aryl methyl sites for hydroxylation is 1. The molecule has 0 bridgehead atoms. The average Bonchev–Trinajstić information content (AvgIpc) is 2.53. The van der Waals surface area contributed by atoms with Crippen molar-refractivity contribution >= 4 is 26.5 Å². The summed E-state index contributed by atoms with van der Waals surface area (Å²) in [5, 5.41) is 12.4. The largest absolute Gasteiger partial charge is 0.507 e. The monoisotopic (exact) mass is 341 g/mol. The molecule has 3 aromatic rings. The minimum Gasteiger partial charge on any atom is -0.507 e. The van der Waals surface area contributed by atoms with Gasteiger partial charge in [0.05, 0.1) is 11.9 Å². The van der Waals surface area contributed by atoms with Crippen molar-refractivity contribution in [3.8, 4) is 16.9 Å². The fourth-order valence-corrected chi connectivity index (χ4v) is 3.31. The third-order valence-electron chi connectivity index (χ3n) is 4.15. The molecular formula is C19H19NO3S. The Labute approximate surface area is 142 Å². The Hall–Kier alpha value is -2.53. The van der Waals surface area contributed by atoms with Crippen LogP contribution < -0.4 is 4.31 Å². The average molecular weight is 341 g/mol. The predicted molar refractivity (Wildman–Crippen MR) is 99.0 cm³/mol. The second-order valence-electron chi connectivity index (χ2n) is 5.94. The van der Waals surface area contributed by atoms with Crippen molar-refractivity contribution in [3.05, 3.63) is 60.2 Å². The number of sulfonamides is 1. The number of hydrogen-bond acceptors (Lipinski definition) is 3. The summed E-state index contributed by atoms with van der Waals surface area (Å²) < 4.78 is 25.4. The van der Waals surface area contributed by atoms with Gasteiger partial charge in [0.15, 0.2) is 0 Å². The number of fused-ring (bicyclic) bond motifs is 1. The van der Waals surface area contributed by atoms with E-state index >= 15 is 0 Å². The Bertz CT molecular complexity index is 1010. The molecule has 0 spiro atoms. The van der Waals surface area contributed by atoms with Crippen molar-refractivity contribution < 1.29 is 13.5 Å². The lowest BCUT2D eigenvalue weighted by Gasteiger charge is -2.22. The zero-order chi connectivity index (χ0) is 17.5. The van der Waals surface area contributed by atoms with Crippen LogP contribution in [0, 0.1) is 6.92 Å². The lowest BCUT2D eigenvalue weighted by atomic mass is 9.96. The SMILES string of the molecule is Cc1ccc2c(O)c(-c3ccccc3)c(N(C)S(C)(=O)=O)cc2c1. The molecule has 0 fully saturated rings. The summed E-state index contributed by atoms with van der Waals surface area (Å²) in [4.78, 5) is 0. The molecule has 0 radical (unpaired) electrons. The molecule has 0 aliphatic heterocycles. The van der Waals surface area contributed by atoms with E-state index < -0.39 is 10.0 Å². The highest BCUT2D eigenvalue weighted by atomic mass is 32.2. The molecule has 24 heavy (non-hydrogen) atoms. The van der Waals surface area contributed by atoms with E-state index in [1.165, 1.54) is 11.4 Å². The Balaban J connectivity index is 2.43. The van der Waals surface area contributed by atoms with E-state index in [1.807, 2.05) is 61.5 Å². The Morgan fingerprint density at radius 1 is 1.00 bits per heavy atom. The third kappa shape index (κ3) is 2.83. The maximum atomic E-state index is 12.1. The highest BCUT2D eigenvalue weighted by Crippen LogP contribution is 2.43. The van der Waals surface area contributed by atoms with E-state index in [4.69, 9.17) is 0 Å². The summed E-state index contributed by atoms with van der Waals surface area (Å²) in [6.45, 7) is 1.96. The van der Waals surface area contributed by atoms with Crippen LogP contribution in [0.1, 0.15) is 5.56 Å². The predicted octanol–water partition coefficient (Wildman–Crippen LogP) is 3.92. The first-order valence-electron chi connectivity index (χ1n) is 7.54. The Morgan fingerprint density at radius 2 is 1.67 bits per heavy atom. The molecule has 0 aliphatic rings. The van der Waals surface area contributed by atoms with Crippen LogP contribution in [-0.4, -0.2) is 26.8 Å². The molecule has 0 heterocycles. The molecule has 0 saturated carbocycles. The smallest absolute Gasteiger partial charge is 0.232 e. The minimum atomic E-state index is -3.46. The molecule has 0 aromatic heterocycles. The van der Waals surface area contributed by atoms with Gasteiger partial charge in [-0.05, 0) is 23.9 Å². The van der Waals surface area contributed by atoms with Gasteiger partial charge in [-0.15, -0.1) is 0 Å². The second kappa shape index (κ2) is 5.83. The molecule has 0 aliphatic carbocycles. The molecule has 0 unspecified atom stereocenters. The van der Waals surface area contributed by atoms with Crippen molar-refractivity contribution in [2.75, 3.05) is 17.6 Å². The van der Waals surface area contributed by atoms with Crippen molar-refractivity contribution in [1.29, 1.82) is 0 Å². The molecule has 1 N–H and O–H groups in total. The van der Waals surface area contributed by atoms with Crippen molar-refractivity contribution in [2.24, 2.45) is 0 Å². The summed E-state index contributed by atoms with van der Waals surface area (Å²) >= 11 is 0. The van der Waals surface area contributed by atoms with Gasteiger partial charge in [-0.2, -0.15) is 0 Å². The van der Waals surface area contributed by atoms with E-state index in [2.05, 4.69) is 0 Å². The number of aromatic hydroxyl groups is 1. The van der Waals surface area contributed by atoms with Crippen LogP contribution in [0.5, 0.6) is 5.75 Å². The van der Waals surface area contributed by atoms with E-state index in [0.717, 1.165) is 22.8 Å². The van der Waals surface area contributed by atoms with Crippen LogP contribution in [0.2, 0.25) is 0 Å². The van der Waals surface area contributed by atoms with Crippen molar-refractivity contribution in [1.82, 2.24) is 0 Å².